The Labute approximate surface area is 213 Å². The first-order valence-corrected chi connectivity index (χ1v) is 13.2. The maximum Gasteiger partial charge on any atom is 0.251 e. The molecule has 7 nitrogen and oxygen atoms in total. The van der Waals surface area contributed by atoms with Crippen molar-refractivity contribution in [2.24, 2.45) is 0 Å². The Morgan fingerprint density at radius 3 is 3.03 bits per heavy atom. The molecular formula is C29H37N5O2. The van der Waals surface area contributed by atoms with Crippen LogP contribution in [0, 0.1) is 0 Å². The van der Waals surface area contributed by atoms with Gasteiger partial charge in [-0.25, -0.2) is 0 Å². The van der Waals surface area contributed by atoms with E-state index in [0.29, 0.717) is 17.6 Å². The summed E-state index contributed by atoms with van der Waals surface area (Å²) in [6.45, 7) is 10.1. The Balaban J connectivity index is 1.25. The molecule has 3 heterocycles. The molecule has 0 bridgehead atoms. The number of nitrogens with one attached hydrogen (secondary N) is 3. The molecule has 1 saturated heterocycles. The number of H-pyrrole nitrogens is 1. The second-order valence-electron chi connectivity index (χ2n) is 10.2. The number of piperidine rings is 1. The van der Waals surface area contributed by atoms with Gasteiger partial charge in [0.1, 0.15) is 5.75 Å². The van der Waals surface area contributed by atoms with Gasteiger partial charge in [0.15, 0.2) is 0 Å². The van der Waals surface area contributed by atoms with Gasteiger partial charge in [0.05, 0.1) is 17.8 Å². The molecule has 2 aliphatic rings. The molecule has 3 unspecified atom stereocenters. The van der Waals surface area contributed by atoms with E-state index in [1.807, 2.05) is 37.3 Å². The average Bonchev–Trinajstić information content (AvgIpc) is 3.50. The zero-order valence-corrected chi connectivity index (χ0v) is 21.5. The molecule has 7 heteroatoms. The number of benzene rings is 2. The van der Waals surface area contributed by atoms with Crippen LogP contribution in [0.25, 0.3) is 22.2 Å². The quantitative estimate of drug-likeness (QED) is 0.413. The fourth-order valence-electron chi connectivity index (χ4n) is 5.55. The summed E-state index contributed by atoms with van der Waals surface area (Å²) < 4.78 is 5.65. The number of rotatable bonds is 8. The maximum atomic E-state index is 13.2. The van der Waals surface area contributed by atoms with Crippen molar-refractivity contribution in [1.82, 2.24) is 25.7 Å². The van der Waals surface area contributed by atoms with Crippen LogP contribution in [0.5, 0.6) is 5.75 Å². The van der Waals surface area contributed by atoms with Gasteiger partial charge in [-0.3, -0.25) is 14.8 Å². The van der Waals surface area contributed by atoms with E-state index in [1.165, 1.54) is 5.56 Å². The van der Waals surface area contributed by atoms with Gasteiger partial charge in [-0.2, -0.15) is 5.10 Å². The number of carbonyl (C=O) groups excluding carboxylic acids is 1. The van der Waals surface area contributed by atoms with E-state index < -0.39 is 0 Å². The third kappa shape index (κ3) is 5.47. The molecule has 0 radical (unpaired) electrons. The molecule has 0 spiro atoms. The van der Waals surface area contributed by atoms with Gasteiger partial charge in [-0.05, 0) is 82.1 Å². The predicted octanol–water partition coefficient (Wildman–Crippen LogP) is 4.30. The lowest BCUT2D eigenvalue weighted by molar-refractivity contribution is 0.0900. The van der Waals surface area contributed by atoms with Gasteiger partial charge >= 0.3 is 0 Å². The van der Waals surface area contributed by atoms with Crippen LogP contribution in [0.2, 0.25) is 0 Å². The summed E-state index contributed by atoms with van der Waals surface area (Å²) >= 11 is 0. The standard InChI is InChI=1S/C29H37N5O2/c1-4-6-19(2)30-20(3)17-34-13-5-7-24(18-34)31-29(35)23-8-10-26-25(16-23)28(33-32-26)22-9-11-27-21(15-22)12-14-36-27/h4,6,8-11,15-16,19-20,24,30H,5,7,12-14,17-18H2,1-3H3,(H,31,35)(H,32,33). The van der Waals surface area contributed by atoms with Crippen molar-refractivity contribution in [3.63, 3.8) is 0 Å². The van der Waals surface area contributed by atoms with Crippen LogP contribution in [-0.4, -0.2) is 65.4 Å². The lowest BCUT2D eigenvalue weighted by Crippen LogP contribution is -2.51. The number of allylic oxidation sites excluding steroid dienone is 1. The van der Waals surface area contributed by atoms with E-state index in [1.54, 1.807) is 0 Å². The Bertz CT molecular complexity index is 1250. The molecule has 1 amide bonds. The first-order valence-electron chi connectivity index (χ1n) is 13.2. The summed E-state index contributed by atoms with van der Waals surface area (Å²) in [4.78, 5) is 15.7. The SMILES string of the molecule is CC=CC(C)NC(C)CN1CCCC(NC(=O)c2ccc3[nH]nc(-c4ccc5c(c4)CCO5)c3c2)C1. The number of amides is 1. The fourth-order valence-corrected chi connectivity index (χ4v) is 5.55. The largest absolute Gasteiger partial charge is 0.493 e. The summed E-state index contributed by atoms with van der Waals surface area (Å²) in [7, 11) is 0. The highest BCUT2D eigenvalue weighted by molar-refractivity contribution is 6.01. The maximum absolute atomic E-state index is 13.2. The summed E-state index contributed by atoms with van der Waals surface area (Å²) in [6, 6.07) is 12.9. The molecule has 3 aromatic rings. The van der Waals surface area contributed by atoms with Gasteiger partial charge in [0.25, 0.3) is 5.91 Å². The average molecular weight is 488 g/mol. The second-order valence-corrected chi connectivity index (χ2v) is 10.2. The van der Waals surface area contributed by atoms with Crippen LogP contribution in [-0.2, 0) is 6.42 Å². The minimum Gasteiger partial charge on any atom is -0.493 e. The van der Waals surface area contributed by atoms with Crippen molar-refractivity contribution < 1.29 is 9.53 Å². The number of nitrogens with zero attached hydrogens (tertiary/aromatic N) is 2. The normalized spacial score (nSPS) is 19.8. The Morgan fingerprint density at radius 1 is 1.28 bits per heavy atom. The number of aromatic amines is 1. The molecule has 0 aliphatic carbocycles. The molecule has 2 aliphatic heterocycles. The molecule has 0 saturated carbocycles. The third-order valence-corrected chi connectivity index (χ3v) is 7.19. The molecule has 3 N–H and O–H groups in total. The Morgan fingerprint density at radius 2 is 2.17 bits per heavy atom. The predicted molar refractivity (Wildman–Crippen MR) is 145 cm³/mol. The molecule has 5 rings (SSSR count). The monoisotopic (exact) mass is 487 g/mol. The first-order chi connectivity index (χ1) is 17.5. The van der Waals surface area contributed by atoms with Crippen molar-refractivity contribution in [1.29, 1.82) is 0 Å². The highest BCUT2D eigenvalue weighted by Crippen LogP contribution is 2.33. The van der Waals surface area contributed by atoms with Crippen molar-refractivity contribution in [2.45, 2.75) is 58.2 Å². The van der Waals surface area contributed by atoms with E-state index in [2.05, 4.69) is 57.8 Å². The van der Waals surface area contributed by atoms with E-state index >= 15 is 0 Å². The van der Waals surface area contributed by atoms with Gasteiger partial charge in [0.2, 0.25) is 0 Å². The van der Waals surface area contributed by atoms with Gasteiger partial charge in [-0.15, -0.1) is 0 Å². The molecule has 190 valence electrons. The highest BCUT2D eigenvalue weighted by atomic mass is 16.5. The Hall–Kier alpha value is -3.16. The Kier molecular flexibility index (Phi) is 7.39. The molecular weight excluding hydrogens is 450 g/mol. The van der Waals surface area contributed by atoms with Crippen molar-refractivity contribution in [2.75, 3.05) is 26.2 Å². The lowest BCUT2D eigenvalue weighted by atomic mass is 10.0. The van der Waals surface area contributed by atoms with Crippen LogP contribution in [0.4, 0.5) is 0 Å². The van der Waals surface area contributed by atoms with E-state index in [0.717, 1.165) is 73.4 Å². The summed E-state index contributed by atoms with van der Waals surface area (Å²) in [5, 5.41) is 15.6. The molecule has 2 aromatic carbocycles. The first kappa shape index (κ1) is 24.5. The van der Waals surface area contributed by atoms with E-state index in [4.69, 9.17) is 4.74 Å². The fraction of sp³-hybridized carbons (Fsp3) is 0.448. The number of hydrogen-bond donors (Lipinski definition) is 3. The van der Waals surface area contributed by atoms with Crippen LogP contribution in [0.15, 0.2) is 48.6 Å². The smallest absolute Gasteiger partial charge is 0.251 e. The summed E-state index contributed by atoms with van der Waals surface area (Å²) in [5.74, 6) is 0.934. The molecule has 3 atom stereocenters. The zero-order chi connectivity index (χ0) is 25.1. The van der Waals surface area contributed by atoms with Crippen LogP contribution in [0.3, 0.4) is 0 Å². The van der Waals surface area contributed by atoms with Gasteiger partial charge < -0.3 is 15.4 Å². The second kappa shape index (κ2) is 10.8. The van der Waals surface area contributed by atoms with Crippen molar-refractivity contribution in [3.8, 4) is 17.0 Å². The van der Waals surface area contributed by atoms with Crippen LogP contribution in [0.1, 0.15) is 49.5 Å². The van der Waals surface area contributed by atoms with Gasteiger partial charge in [0, 0.05) is 54.1 Å². The number of likely N-dealkylation sites (tertiary alicyclic amines) is 1. The van der Waals surface area contributed by atoms with Crippen LogP contribution >= 0.6 is 0 Å². The zero-order valence-electron chi connectivity index (χ0n) is 21.5. The number of aromatic nitrogens is 2. The van der Waals surface area contributed by atoms with E-state index in [-0.39, 0.29) is 11.9 Å². The van der Waals surface area contributed by atoms with Gasteiger partial charge in [-0.1, -0.05) is 12.2 Å². The van der Waals surface area contributed by atoms with Crippen molar-refractivity contribution >= 4 is 16.8 Å². The third-order valence-electron chi connectivity index (χ3n) is 7.19. The highest BCUT2D eigenvalue weighted by Gasteiger charge is 2.24. The lowest BCUT2D eigenvalue weighted by Gasteiger charge is -2.35. The summed E-state index contributed by atoms with van der Waals surface area (Å²) in [5.41, 5.74) is 4.71. The topological polar surface area (TPSA) is 82.3 Å². The van der Waals surface area contributed by atoms with Crippen LogP contribution < -0.4 is 15.4 Å². The molecule has 1 fully saturated rings. The van der Waals surface area contributed by atoms with E-state index in [9.17, 15) is 4.79 Å². The molecule has 36 heavy (non-hydrogen) atoms. The number of carbonyl (C=O) groups is 1. The summed E-state index contributed by atoms with van der Waals surface area (Å²) in [6.07, 6.45) is 7.28. The number of ether oxygens (including phenoxy) is 1. The molecule has 1 aromatic heterocycles. The number of hydrogen-bond acceptors (Lipinski definition) is 5. The minimum atomic E-state index is -0.0221. The van der Waals surface area contributed by atoms with Crippen molar-refractivity contribution in [3.05, 3.63) is 59.7 Å². The number of fused-ring (bicyclic) bond motifs is 2. The minimum absolute atomic E-state index is 0.0221.